The first-order chi connectivity index (χ1) is 19.1. The predicted molar refractivity (Wildman–Crippen MR) is 161 cm³/mol. The molecule has 0 fully saturated rings. The molecule has 222 valence electrons. The zero-order chi connectivity index (χ0) is 28.8. The van der Waals surface area contributed by atoms with Gasteiger partial charge in [0, 0.05) is 31.9 Å². The quantitative estimate of drug-likeness (QED) is 0.160. The Morgan fingerprint density at radius 2 is 1.31 bits per heavy atom. The topological polar surface area (TPSA) is 68.9 Å². The number of pyridine rings is 1. The van der Waals surface area contributed by atoms with Crippen molar-refractivity contribution < 1.29 is 45.3 Å². The Kier molecular flexibility index (Phi) is 12.3. The summed E-state index contributed by atoms with van der Waals surface area (Å²) >= 11 is 0. The van der Waals surface area contributed by atoms with Crippen LogP contribution in [0.1, 0.15) is 50.4 Å². The molecule has 1 heterocycles. The minimum atomic E-state index is -0.474. The Hall–Kier alpha value is -4.17. The number of carbonyl (C=O) groups excluding carboxylic acids is 2. The Balaban J connectivity index is 0.00000308. The number of aryl methyl sites for hydroxylation is 2. The fourth-order valence-corrected chi connectivity index (χ4v) is 4.14. The molecule has 0 amide bonds. The number of ether oxygens (including phenoxy) is 3. The van der Waals surface area contributed by atoms with Gasteiger partial charge in [-0.1, -0.05) is 25.1 Å². The second kappa shape index (κ2) is 15.2. The van der Waals surface area contributed by atoms with Crippen molar-refractivity contribution in [2.24, 2.45) is 0 Å². The van der Waals surface area contributed by atoms with Crippen molar-refractivity contribution in [1.82, 2.24) is 0 Å². The van der Waals surface area contributed by atoms with Crippen LogP contribution in [0.25, 0.3) is 0 Å². The standard InChI is InChI=1S/C33H35N2O5.CH4.BrH/c1-22-7-9-26(10-8-22)32(36)39-30-21-23(2)31(25(4)24(30)3)40-33(37)27-11-13-29(14-12-27)38-20-19-35-17-15-28(16-18-35)34(5)6;;/h7-18,21H,19-20H2,1-6H3;1H4;1H/q+1;;/p-1. The van der Waals surface area contributed by atoms with Gasteiger partial charge in [-0.05, 0) is 86.8 Å². The zero-order valence-electron chi connectivity index (χ0n) is 24.2. The Morgan fingerprint density at radius 3 is 1.88 bits per heavy atom. The van der Waals surface area contributed by atoms with Crippen LogP contribution in [-0.4, -0.2) is 32.6 Å². The lowest BCUT2D eigenvalue weighted by atomic mass is 10.0. The highest BCUT2D eigenvalue weighted by molar-refractivity contribution is 5.92. The van der Waals surface area contributed by atoms with Gasteiger partial charge in [0.2, 0.25) is 0 Å². The molecule has 1 aromatic heterocycles. The van der Waals surface area contributed by atoms with Crippen molar-refractivity contribution in [3.8, 4) is 17.2 Å². The van der Waals surface area contributed by atoms with Crippen molar-refractivity contribution in [1.29, 1.82) is 0 Å². The summed E-state index contributed by atoms with van der Waals surface area (Å²) in [6, 6.07) is 19.9. The van der Waals surface area contributed by atoms with E-state index in [-0.39, 0.29) is 24.4 Å². The van der Waals surface area contributed by atoms with Crippen molar-refractivity contribution in [2.75, 3.05) is 25.6 Å². The van der Waals surface area contributed by atoms with Crippen LogP contribution in [0.3, 0.4) is 0 Å². The molecule has 4 rings (SSSR count). The van der Waals surface area contributed by atoms with Crippen molar-refractivity contribution >= 4 is 17.6 Å². The number of rotatable bonds is 9. The number of hydrogen-bond donors (Lipinski definition) is 0. The van der Waals surface area contributed by atoms with Gasteiger partial charge in [0.25, 0.3) is 0 Å². The molecule has 0 spiro atoms. The summed E-state index contributed by atoms with van der Waals surface area (Å²) in [7, 11) is 4.02. The summed E-state index contributed by atoms with van der Waals surface area (Å²) in [5.74, 6) is 0.654. The maximum Gasteiger partial charge on any atom is 0.343 e. The number of esters is 2. The molecule has 4 aromatic rings. The lowest BCUT2D eigenvalue weighted by molar-refractivity contribution is -0.697. The van der Waals surface area contributed by atoms with Gasteiger partial charge < -0.3 is 36.1 Å². The molecule has 0 saturated carbocycles. The molecule has 0 aliphatic carbocycles. The van der Waals surface area contributed by atoms with E-state index in [2.05, 4.69) is 21.6 Å². The molecule has 0 atom stereocenters. The average molecular weight is 636 g/mol. The lowest BCUT2D eigenvalue weighted by Crippen LogP contribution is -3.00. The first-order valence-corrected chi connectivity index (χ1v) is 13.1. The maximum absolute atomic E-state index is 12.9. The molecular weight excluding hydrogens is 596 g/mol. The van der Waals surface area contributed by atoms with Crippen LogP contribution in [0.15, 0.2) is 79.1 Å². The molecule has 0 saturated heterocycles. The number of benzene rings is 3. The van der Waals surface area contributed by atoms with Crippen molar-refractivity contribution in [3.05, 3.63) is 113 Å². The molecule has 0 aliphatic heterocycles. The van der Waals surface area contributed by atoms with Gasteiger partial charge in [-0.2, -0.15) is 0 Å². The fraction of sp³-hybridized carbons (Fsp3) is 0.265. The number of hydrogen-bond acceptors (Lipinski definition) is 6. The third-order valence-electron chi connectivity index (χ3n) is 6.76. The largest absolute Gasteiger partial charge is 1.00 e. The van der Waals surface area contributed by atoms with Gasteiger partial charge in [-0.15, -0.1) is 0 Å². The molecule has 0 bridgehead atoms. The minimum absolute atomic E-state index is 0. The summed E-state index contributed by atoms with van der Waals surface area (Å²) in [6.07, 6.45) is 4.04. The van der Waals surface area contributed by atoms with Crippen LogP contribution in [0.5, 0.6) is 17.2 Å². The summed E-state index contributed by atoms with van der Waals surface area (Å²) < 4.78 is 19.4. The Bertz CT molecular complexity index is 1500. The molecule has 42 heavy (non-hydrogen) atoms. The monoisotopic (exact) mass is 634 g/mol. The van der Waals surface area contributed by atoms with Gasteiger partial charge in [0.05, 0.1) is 11.1 Å². The van der Waals surface area contributed by atoms with E-state index in [0.717, 1.165) is 22.4 Å². The molecule has 0 aliphatic rings. The van der Waals surface area contributed by atoms with E-state index in [9.17, 15) is 9.59 Å². The maximum atomic E-state index is 12.9. The van der Waals surface area contributed by atoms with Gasteiger partial charge in [-0.3, -0.25) is 0 Å². The smallest absolute Gasteiger partial charge is 0.343 e. The Labute approximate surface area is 259 Å². The second-order valence-corrected chi connectivity index (χ2v) is 9.98. The van der Waals surface area contributed by atoms with E-state index in [1.54, 1.807) is 42.5 Å². The lowest BCUT2D eigenvalue weighted by Gasteiger charge is -2.16. The van der Waals surface area contributed by atoms with E-state index < -0.39 is 11.9 Å². The van der Waals surface area contributed by atoms with E-state index in [4.69, 9.17) is 14.2 Å². The molecule has 0 radical (unpaired) electrons. The molecule has 0 N–H and O–H groups in total. The third-order valence-corrected chi connectivity index (χ3v) is 6.76. The first kappa shape index (κ1) is 34.0. The minimum Gasteiger partial charge on any atom is -1.00 e. The van der Waals surface area contributed by atoms with Crippen LogP contribution < -0.4 is 40.7 Å². The molecular formula is C34H39BrN2O5. The van der Waals surface area contributed by atoms with Crippen molar-refractivity contribution in [3.63, 3.8) is 0 Å². The van der Waals surface area contributed by atoms with E-state index in [1.807, 2.05) is 66.3 Å². The molecule has 3 aromatic carbocycles. The van der Waals surface area contributed by atoms with Crippen LogP contribution in [0.2, 0.25) is 0 Å². The number of anilines is 1. The van der Waals surface area contributed by atoms with Gasteiger partial charge in [-0.25, -0.2) is 14.2 Å². The van der Waals surface area contributed by atoms with E-state index in [0.29, 0.717) is 47.1 Å². The fourth-order valence-electron chi connectivity index (χ4n) is 4.14. The van der Waals surface area contributed by atoms with Crippen LogP contribution in [0, 0.1) is 27.7 Å². The van der Waals surface area contributed by atoms with Gasteiger partial charge in [0.1, 0.15) is 23.9 Å². The highest BCUT2D eigenvalue weighted by Crippen LogP contribution is 2.34. The predicted octanol–water partition coefficient (Wildman–Crippen LogP) is 3.43. The summed E-state index contributed by atoms with van der Waals surface area (Å²) in [5, 5.41) is 0. The van der Waals surface area contributed by atoms with Crippen LogP contribution in [-0.2, 0) is 6.54 Å². The normalized spacial score (nSPS) is 10.1. The summed E-state index contributed by atoms with van der Waals surface area (Å²) in [5.41, 5.74) is 5.24. The average Bonchev–Trinajstić information content (AvgIpc) is 2.94. The molecule has 8 heteroatoms. The molecule has 7 nitrogen and oxygen atoms in total. The van der Waals surface area contributed by atoms with Crippen LogP contribution >= 0.6 is 0 Å². The number of aromatic nitrogens is 1. The number of carbonyl (C=O) groups is 2. The zero-order valence-corrected chi connectivity index (χ0v) is 25.8. The van der Waals surface area contributed by atoms with Crippen LogP contribution in [0.4, 0.5) is 5.69 Å². The van der Waals surface area contributed by atoms with Gasteiger partial charge >= 0.3 is 11.9 Å². The second-order valence-electron chi connectivity index (χ2n) is 9.98. The van der Waals surface area contributed by atoms with Crippen molar-refractivity contribution in [2.45, 2.75) is 41.7 Å². The number of nitrogens with zero attached hydrogens (tertiary/aromatic N) is 2. The van der Waals surface area contributed by atoms with E-state index in [1.165, 1.54) is 0 Å². The third kappa shape index (κ3) is 8.42. The van der Waals surface area contributed by atoms with Gasteiger partial charge in [0.15, 0.2) is 18.9 Å². The Morgan fingerprint density at radius 1 is 0.762 bits per heavy atom. The summed E-state index contributed by atoms with van der Waals surface area (Å²) in [6.45, 7) is 8.66. The summed E-state index contributed by atoms with van der Waals surface area (Å²) in [4.78, 5) is 27.6. The molecule has 0 unspecified atom stereocenters. The highest BCUT2D eigenvalue weighted by atomic mass is 79.9. The SMILES string of the molecule is C.Cc1ccc(C(=O)Oc2cc(C)c(OC(=O)c3ccc(OCC[n+]4ccc(N(C)C)cc4)cc3)c(C)c2C)cc1.[Br-]. The van der Waals surface area contributed by atoms with E-state index >= 15 is 0 Å². The number of halogens is 1. The highest BCUT2D eigenvalue weighted by Gasteiger charge is 2.19. The first-order valence-electron chi connectivity index (χ1n) is 13.1.